The molecule has 1 saturated heterocycles. The van der Waals surface area contributed by atoms with Crippen molar-refractivity contribution >= 4 is 5.91 Å². The highest BCUT2D eigenvalue weighted by molar-refractivity contribution is 5.81. The van der Waals surface area contributed by atoms with Gasteiger partial charge in [-0.2, -0.15) is 0 Å². The Morgan fingerprint density at radius 2 is 2.29 bits per heavy atom. The molecule has 0 saturated carbocycles. The van der Waals surface area contributed by atoms with E-state index in [1.807, 2.05) is 13.8 Å². The van der Waals surface area contributed by atoms with Crippen molar-refractivity contribution < 1.29 is 4.79 Å². The molecule has 4 nitrogen and oxygen atoms in total. The molecule has 17 heavy (non-hydrogen) atoms. The van der Waals surface area contributed by atoms with Crippen LogP contribution in [-0.2, 0) is 4.79 Å². The third kappa shape index (κ3) is 3.82. The zero-order chi connectivity index (χ0) is 12.8. The molecule has 1 aliphatic rings. The van der Waals surface area contributed by atoms with Gasteiger partial charge in [-0.3, -0.25) is 9.69 Å². The van der Waals surface area contributed by atoms with E-state index >= 15 is 0 Å². The summed E-state index contributed by atoms with van der Waals surface area (Å²) < 4.78 is 0. The molecule has 3 N–H and O–H groups in total. The number of piperidine rings is 1. The fraction of sp³-hybridized carbons (Fsp3) is 0.769. The lowest BCUT2D eigenvalue weighted by molar-refractivity contribution is -0.127. The first-order valence-corrected chi connectivity index (χ1v) is 6.48. The molecule has 0 aromatic heterocycles. The van der Waals surface area contributed by atoms with Gasteiger partial charge < -0.3 is 11.1 Å². The van der Waals surface area contributed by atoms with Crippen LogP contribution in [0.1, 0.15) is 33.1 Å². The Hall–Kier alpha value is -0.870. The molecule has 4 heteroatoms. The van der Waals surface area contributed by atoms with E-state index in [1.54, 1.807) is 6.08 Å². The van der Waals surface area contributed by atoms with Crippen molar-refractivity contribution in [2.45, 2.75) is 51.2 Å². The van der Waals surface area contributed by atoms with E-state index in [2.05, 4.69) is 16.8 Å². The maximum Gasteiger partial charge on any atom is 0.237 e. The lowest BCUT2D eigenvalue weighted by Crippen LogP contribution is -2.56. The normalized spacial score (nSPS) is 25.0. The summed E-state index contributed by atoms with van der Waals surface area (Å²) in [5.74, 6) is 0.0671. The number of likely N-dealkylation sites (tertiary alicyclic amines) is 1. The van der Waals surface area contributed by atoms with Crippen molar-refractivity contribution in [3.05, 3.63) is 12.7 Å². The van der Waals surface area contributed by atoms with Gasteiger partial charge in [-0.1, -0.05) is 12.5 Å². The van der Waals surface area contributed by atoms with E-state index in [0.29, 0.717) is 12.6 Å². The molecule has 1 amide bonds. The van der Waals surface area contributed by atoms with Crippen LogP contribution in [0.5, 0.6) is 0 Å². The molecule has 0 aromatic rings. The summed E-state index contributed by atoms with van der Waals surface area (Å²) in [6.07, 6.45) is 5.16. The van der Waals surface area contributed by atoms with Crippen LogP contribution < -0.4 is 11.1 Å². The second-order valence-corrected chi connectivity index (χ2v) is 4.87. The first-order valence-electron chi connectivity index (χ1n) is 6.48. The standard InChI is InChI=1S/C13H25N3O/c1-4-8-15-13(17)11(3)16-9-6-5-7-12(16)10(2)14/h4,10-12H,1,5-9,14H2,2-3H3,(H,15,17). The van der Waals surface area contributed by atoms with E-state index in [0.717, 1.165) is 19.4 Å². The van der Waals surface area contributed by atoms with Gasteiger partial charge in [0.05, 0.1) is 6.04 Å². The summed E-state index contributed by atoms with van der Waals surface area (Å²) >= 11 is 0. The number of rotatable bonds is 5. The summed E-state index contributed by atoms with van der Waals surface area (Å²) in [6, 6.07) is 0.337. The Morgan fingerprint density at radius 1 is 1.59 bits per heavy atom. The molecule has 98 valence electrons. The van der Waals surface area contributed by atoms with Crippen LogP contribution >= 0.6 is 0 Å². The highest BCUT2D eigenvalue weighted by Gasteiger charge is 2.31. The predicted octanol–water partition coefficient (Wildman–Crippen LogP) is 0.879. The number of nitrogens with zero attached hydrogens (tertiary/aromatic N) is 1. The van der Waals surface area contributed by atoms with Crippen molar-refractivity contribution in [1.82, 2.24) is 10.2 Å². The molecule has 0 aromatic carbocycles. The largest absolute Gasteiger partial charge is 0.351 e. The molecule has 3 unspecified atom stereocenters. The Balaban J connectivity index is 2.60. The highest BCUT2D eigenvalue weighted by atomic mass is 16.2. The quantitative estimate of drug-likeness (QED) is 0.700. The molecule has 1 fully saturated rings. The average molecular weight is 239 g/mol. The average Bonchev–Trinajstić information content (AvgIpc) is 2.34. The Morgan fingerprint density at radius 3 is 2.88 bits per heavy atom. The topological polar surface area (TPSA) is 58.4 Å². The maximum atomic E-state index is 11.9. The molecule has 0 aliphatic carbocycles. The minimum atomic E-state index is -0.105. The maximum absolute atomic E-state index is 11.9. The molecule has 0 spiro atoms. The first kappa shape index (κ1) is 14.2. The smallest absolute Gasteiger partial charge is 0.237 e. The lowest BCUT2D eigenvalue weighted by Gasteiger charge is -2.41. The number of hydrogen-bond donors (Lipinski definition) is 2. The SMILES string of the molecule is C=CCNC(=O)C(C)N1CCCCC1C(C)N. The summed E-state index contributed by atoms with van der Waals surface area (Å²) in [4.78, 5) is 14.2. The third-order valence-electron chi connectivity index (χ3n) is 3.50. The van der Waals surface area contributed by atoms with Crippen molar-refractivity contribution in [3.8, 4) is 0 Å². The van der Waals surface area contributed by atoms with Gasteiger partial charge in [0, 0.05) is 18.6 Å². The van der Waals surface area contributed by atoms with Gasteiger partial charge >= 0.3 is 0 Å². The molecular weight excluding hydrogens is 214 g/mol. The Bertz CT molecular complexity index is 265. The van der Waals surface area contributed by atoms with Gasteiger partial charge in [0.15, 0.2) is 0 Å². The predicted molar refractivity (Wildman–Crippen MR) is 70.7 cm³/mol. The van der Waals surface area contributed by atoms with Gasteiger partial charge in [-0.25, -0.2) is 0 Å². The second-order valence-electron chi connectivity index (χ2n) is 4.87. The van der Waals surface area contributed by atoms with Gasteiger partial charge in [0.25, 0.3) is 0 Å². The van der Waals surface area contributed by atoms with Gasteiger partial charge in [0.2, 0.25) is 5.91 Å². The number of carbonyl (C=O) groups excluding carboxylic acids is 1. The van der Waals surface area contributed by atoms with E-state index < -0.39 is 0 Å². The summed E-state index contributed by atoms with van der Waals surface area (Å²) in [5.41, 5.74) is 6.01. The first-order chi connectivity index (χ1) is 8.07. The third-order valence-corrected chi connectivity index (χ3v) is 3.50. The fourth-order valence-corrected chi connectivity index (χ4v) is 2.50. The van der Waals surface area contributed by atoms with Gasteiger partial charge in [-0.05, 0) is 33.2 Å². The van der Waals surface area contributed by atoms with Crippen LogP contribution in [0.25, 0.3) is 0 Å². The molecule has 1 heterocycles. The van der Waals surface area contributed by atoms with E-state index in [1.165, 1.54) is 6.42 Å². The lowest BCUT2D eigenvalue weighted by atomic mass is 9.95. The number of nitrogens with one attached hydrogen (secondary N) is 1. The summed E-state index contributed by atoms with van der Waals surface area (Å²) in [5, 5.41) is 2.85. The van der Waals surface area contributed by atoms with Crippen molar-refractivity contribution in [1.29, 1.82) is 0 Å². The summed E-state index contributed by atoms with van der Waals surface area (Å²) in [7, 11) is 0. The van der Waals surface area contributed by atoms with Crippen LogP contribution in [0.2, 0.25) is 0 Å². The second kappa shape index (κ2) is 6.77. The summed E-state index contributed by atoms with van der Waals surface area (Å²) in [6.45, 7) is 9.08. The van der Waals surface area contributed by atoms with Crippen LogP contribution in [0.15, 0.2) is 12.7 Å². The molecule has 1 rings (SSSR count). The zero-order valence-corrected chi connectivity index (χ0v) is 11.0. The monoisotopic (exact) mass is 239 g/mol. The van der Waals surface area contributed by atoms with E-state index in [-0.39, 0.29) is 18.0 Å². The number of amides is 1. The van der Waals surface area contributed by atoms with Gasteiger partial charge in [-0.15, -0.1) is 6.58 Å². The van der Waals surface area contributed by atoms with Gasteiger partial charge in [0.1, 0.15) is 0 Å². The van der Waals surface area contributed by atoms with Crippen molar-refractivity contribution in [3.63, 3.8) is 0 Å². The number of carbonyl (C=O) groups is 1. The Kier molecular flexibility index (Phi) is 5.65. The molecule has 0 bridgehead atoms. The molecule has 3 atom stereocenters. The highest BCUT2D eigenvalue weighted by Crippen LogP contribution is 2.21. The van der Waals surface area contributed by atoms with Crippen molar-refractivity contribution in [2.24, 2.45) is 5.73 Å². The van der Waals surface area contributed by atoms with Crippen LogP contribution in [0.4, 0.5) is 0 Å². The van der Waals surface area contributed by atoms with E-state index in [9.17, 15) is 4.79 Å². The molecular formula is C13H25N3O. The minimum absolute atomic E-state index is 0.0671. The molecule has 1 aliphatic heterocycles. The van der Waals surface area contributed by atoms with Crippen molar-refractivity contribution in [2.75, 3.05) is 13.1 Å². The van der Waals surface area contributed by atoms with Crippen LogP contribution in [0, 0.1) is 0 Å². The van der Waals surface area contributed by atoms with E-state index in [4.69, 9.17) is 5.73 Å². The number of nitrogens with two attached hydrogens (primary N) is 1. The zero-order valence-electron chi connectivity index (χ0n) is 11.0. The number of hydrogen-bond acceptors (Lipinski definition) is 3. The Labute approximate surface area is 104 Å². The van der Waals surface area contributed by atoms with Crippen LogP contribution in [-0.4, -0.2) is 42.0 Å². The van der Waals surface area contributed by atoms with Crippen LogP contribution in [0.3, 0.4) is 0 Å². The fourth-order valence-electron chi connectivity index (χ4n) is 2.50. The molecule has 0 radical (unpaired) electrons. The minimum Gasteiger partial charge on any atom is -0.351 e.